The lowest BCUT2D eigenvalue weighted by molar-refractivity contribution is -0.154. The van der Waals surface area contributed by atoms with Crippen molar-refractivity contribution in [2.45, 2.75) is 33.0 Å². The van der Waals surface area contributed by atoms with Crippen LogP contribution in [0, 0.1) is 0 Å². The van der Waals surface area contributed by atoms with E-state index in [1.165, 1.54) is 12.3 Å². The third-order valence-electron chi connectivity index (χ3n) is 2.91. The van der Waals surface area contributed by atoms with Crippen LogP contribution in [0.5, 0.6) is 5.88 Å². The Bertz CT molecular complexity index is 507. The van der Waals surface area contributed by atoms with Crippen molar-refractivity contribution in [3.8, 4) is 5.88 Å². The maximum Gasteiger partial charge on any atom is 0.422 e. The molecule has 142 valence electrons. The average Bonchev–Trinajstić information content (AvgIpc) is 2.58. The maximum atomic E-state index is 12.1. The Hall–Kier alpha value is -2.03. The fourth-order valence-corrected chi connectivity index (χ4v) is 1.78. The minimum atomic E-state index is -4.38. The molecule has 2 N–H and O–H groups in total. The molecule has 0 saturated carbocycles. The molecule has 0 aliphatic heterocycles. The van der Waals surface area contributed by atoms with Gasteiger partial charge in [0.05, 0.1) is 6.54 Å². The number of ether oxygens (including phenoxy) is 2. The number of alkyl halides is 3. The van der Waals surface area contributed by atoms with Gasteiger partial charge >= 0.3 is 6.18 Å². The minimum absolute atomic E-state index is 0.0639. The normalized spacial score (nSPS) is 12.1. The number of nitrogens with one attached hydrogen (secondary N) is 2. The highest BCUT2D eigenvalue weighted by molar-refractivity contribution is 5.79. The molecule has 9 heteroatoms. The summed E-state index contributed by atoms with van der Waals surface area (Å²) in [4.78, 5) is 8.26. The van der Waals surface area contributed by atoms with Crippen molar-refractivity contribution < 1.29 is 22.6 Å². The second kappa shape index (κ2) is 11.5. The van der Waals surface area contributed by atoms with Gasteiger partial charge in [0.1, 0.15) is 0 Å². The van der Waals surface area contributed by atoms with Crippen LogP contribution >= 0.6 is 0 Å². The van der Waals surface area contributed by atoms with Gasteiger partial charge in [-0.1, -0.05) is 6.07 Å². The summed E-state index contributed by atoms with van der Waals surface area (Å²) in [5.41, 5.74) is 0.769. The van der Waals surface area contributed by atoms with Crippen LogP contribution in [0.4, 0.5) is 13.2 Å². The van der Waals surface area contributed by atoms with E-state index in [4.69, 9.17) is 4.74 Å². The van der Waals surface area contributed by atoms with Gasteiger partial charge in [0.15, 0.2) is 12.6 Å². The van der Waals surface area contributed by atoms with Crippen LogP contribution in [-0.2, 0) is 11.3 Å². The van der Waals surface area contributed by atoms with Crippen LogP contribution in [0.2, 0.25) is 0 Å². The van der Waals surface area contributed by atoms with Crippen molar-refractivity contribution in [3.63, 3.8) is 0 Å². The lowest BCUT2D eigenvalue weighted by Gasteiger charge is -2.11. The van der Waals surface area contributed by atoms with Gasteiger partial charge in [-0.25, -0.2) is 9.98 Å². The molecule has 0 amide bonds. The number of aliphatic imine (C=N–C) groups is 1. The van der Waals surface area contributed by atoms with Crippen molar-refractivity contribution >= 4 is 5.96 Å². The highest BCUT2D eigenvalue weighted by atomic mass is 19.4. The molecule has 0 aliphatic rings. The number of nitrogens with zero attached hydrogens (tertiary/aromatic N) is 2. The van der Waals surface area contributed by atoms with E-state index < -0.39 is 12.8 Å². The standard InChI is InChI=1S/C16H25F3N4O2/c1-3-20-15(21-8-5-9-24-4-2)23-11-13-6-7-14(22-10-13)25-12-16(17,18)19/h6-7,10H,3-5,8-9,11-12H2,1-2H3,(H2,20,21,23). The summed E-state index contributed by atoms with van der Waals surface area (Å²) in [6.45, 7) is 5.75. The highest BCUT2D eigenvalue weighted by Gasteiger charge is 2.28. The molecule has 0 atom stereocenters. The van der Waals surface area contributed by atoms with Crippen molar-refractivity contribution in [1.82, 2.24) is 15.6 Å². The zero-order chi connectivity index (χ0) is 18.5. The first kappa shape index (κ1) is 21.0. The maximum absolute atomic E-state index is 12.1. The summed E-state index contributed by atoms with van der Waals surface area (Å²) >= 11 is 0. The zero-order valence-corrected chi connectivity index (χ0v) is 14.5. The van der Waals surface area contributed by atoms with Gasteiger partial charge in [0.25, 0.3) is 0 Å². The lowest BCUT2D eigenvalue weighted by atomic mass is 10.3. The molecular weight excluding hydrogens is 337 g/mol. The summed E-state index contributed by atoms with van der Waals surface area (Å²) in [6.07, 6.45) is -2.06. The van der Waals surface area contributed by atoms with Crippen molar-refractivity contribution in [1.29, 1.82) is 0 Å². The van der Waals surface area contributed by atoms with Crippen LogP contribution < -0.4 is 15.4 Å². The Morgan fingerprint density at radius 2 is 2.04 bits per heavy atom. The molecule has 1 aromatic heterocycles. The Kier molecular flexibility index (Phi) is 9.68. The minimum Gasteiger partial charge on any atom is -0.468 e. The number of rotatable bonds is 10. The van der Waals surface area contributed by atoms with Gasteiger partial charge in [-0.15, -0.1) is 0 Å². The van der Waals surface area contributed by atoms with Crippen molar-refractivity contribution in [2.75, 3.05) is 32.9 Å². The van der Waals surface area contributed by atoms with Crippen molar-refractivity contribution in [2.24, 2.45) is 4.99 Å². The van der Waals surface area contributed by atoms with Crippen LogP contribution in [0.1, 0.15) is 25.8 Å². The van der Waals surface area contributed by atoms with E-state index in [1.807, 2.05) is 13.8 Å². The SMILES string of the molecule is CCNC(=NCc1ccc(OCC(F)(F)F)nc1)NCCCOCC. The Balaban J connectivity index is 2.46. The van der Waals surface area contributed by atoms with E-state index in [9.17, 15) is 13.2 Å². The summed E-state index contributed by atoms with van der Waals surface area (Å²) in [6, 6.07) is 3.04. The van der Waals surface area contributed by atoms with E-state index in [1.54, 1.807) is 6.07 Å². The van der Waals surface area contributed by atoms with E-state index in [-0.39, 0.29) is 5.88 Å². The van der Waals surface area contributed by atoms with Gasteiger partial charge in [-0.05, 0) is 25.8 Å². The predicted octanol–water partition coefficient (Wildman–Crippen LogP) is 2.50. The molecule has 0 saturated heterocycles. The van der Waals surface area contributed by atoms with E-state index in [0.717, 1.165) is 25.1 Å². The molecule has 0 aromatic carbocycles. The van der Waals surface area contributed by atoms with Gasteiger partial charge in [-0.3, -0.25) is 0 Å². The quantitative estimate of drug-likeness (QED) is 0.380. The molecule has 1 heterocycles. The third kappa shape index (κ3) is 10.4. The molecule has 0 aliphatic carbocycles. The number of halogens is 3. The summed E-state index contributed by atoms with van der Waals surface area (Å²) in [5.74, 6) is 0.599. The second-order valence-corrected chi connectivity index (χ2v) is 5.08. The second-order valence-electron chi connectivity index (χ2n) is 5.08. The molecule has 25 heavy (non-hydrogen) atoms. The third-order valence-corrected chi connectivity index (χ3v) is 2.91. The monoisotopic (exact) mass is 362 g/mol. The molecule has 0 spiro atoms. The Labute approximate surface area is 145 Å². The average molecular weight is 362 g/mol. The Morgan fingerprint density at radius 1 is 1.24 bits per heavy atom. The number of hydrogen-bond acceptors (Lipinski definition) is 4. The predicted molar refractivity (Wildman–Crippen MR) is 89.7 cm³/mol. The molecule has 0 fully saturated rings. The van der Waals surface area contributed by atoms with Crippen LogP contribution in [0.3, 0.4) is 0 Å². The van der Waals surface area contributed by atoms with E-state index in [0.29, 0.717) is 25.7 Å². The fraction of sp³-hybridized carbons (Fsp3) is 0.625. The van der Waals surface area contributed by atoms with Gasteiger partial charge in [0.2, 0.25) is 5.88 Å². The smallest absolute Gasteiger partial charge is 0.422 e. The van der Waals surface area contributed by atoms with Crippen molar-refractivity contribution in [3.05, 3.63) is 23.9 Å². The van der Waals surface area contributed by atoms with Crippen LogP contribution in [0.15, 0.2) is 23.3 Å². The number of pyridine rings is 1. The zero-order valence-electron chi connectivity index (χ0n) is 14.5. The van der Waals surface area contributed by atoms with Crippen LogP contribution in [0.25, 0.3) is 0 Å². The van der Waals surface area contributed by atoms with E-state index >= 15 is 0 Å². The number of guanidine groups is 1. The fourth-order valence-electron chi connectivity index (χ4n) is 1.78. The highest BCUT2D eigenvalue weighted by Crippen LogP contribution is 2.17. The first-order valence-electron chi connectivity index (χ1n) is 8.19. The van der Waals surface area contributed by atoms with Crippen LogP contribution in [-0.4, -0.2) is 50.0 Å². The first-order valence-corrected chi connectivity index (χ1v) is 8.19. The van der Waals surface area contributed by atoms with E-state index in [2.05, 4.69) is 25.3 Å². The molecule has 0 radical (unpaired) electrons. The first-order chi connectivity index (χ1) is 11.9. The molecule has 6 nitrogen and oxygen atoms in total. The number of aromatic nitrogens is 1. The molecule has 0 unspecified atom stereocenters. The summed E-state index contributed by atoms with van der Waals surface area (Å²) < 4.78 is 46.1. The number of hydrogen-bond donors (Lipinski definition) is 2. The van der Waals surface area contributed by atoms with Gasteiger partial charge in [0, 0.05) is 38.6 Å². The largest absolute Gasteiger partial charge is 0.468 e. The molecule has 1 aromatic rings. The van der Waals surface area contributed by atoms with Gasteiger partial charge < -0.3 is 20.1 Å². The molecular formula is C16H25F3N4O2. The molecule has 1 rings (SSSR count). The van der Waals surface area contributed by atoms with Gasteiger partial charge in [-0.2, -0.15) is 13.2 Å². The Morgan fingerprint density at radius 3 is 2.64 bits per heavy atom. The molecule has 0 bridgehead atoms. The lowest BCUT2D eigenvalue weighted by Crippen LogP contribution is -2.38. The topological polar surface area (TPSA) is 67.8 Å². The summed E-state index contributed by atoms with van der Waals surface area (Å²) in [5, 5.41) is 6.31. The summed E-state index contributed by atoms with van der Waals surface area (Å²) in [7, 11) is 0.